The third-order valence-electron chi connectivity index (χ3n) is 2.57. The fraction of sp³-hybridized carbons (Fsp3) is 0.636. The lowest BCUT2D eigenvalue weighted by Gasteiger charge is -2.21. The molecule has 1 aromatic heterocycles. The van der Waals surface area contributed by atoms with Gasteiger partial charge in [-0.1, -0.05) is 6.42 Å². The van der Waals surface area contributed by atoms with Crippen LogP contribution in [-0.2, 0) is 6.54 Å². The average molecular weight is 306 g/mol. The summed E-state index contributed by atoms with van der Waals surface area (Å²) >= 11 is 7.44. The van der Waals surface area contributed by atoms with Crippen LogP contribution >= 0.6 is 39.0 Å². The zero-order chi connectivity index (χ0) is 10.5. The maximum atomic E-state index is 3.55. The van der Waals surface area contributed by atoms with Gasteiger partial charge < -0.3 is 5.32 Å². The summed E-state index contributed by atoms with van der Waals surface area (Å²) in [4.78, 5) is 1.42. The molecular weight excluding hydrogens is 290 g/mol. The number of thioether (sulfide) groups is 1. The Balaban J connectivity index is 1.65. The Morgan fingerprint density at radius 1 is 1.40 bits per heavy atom. The molecule has 84 valence electrons. The second-order valence-electron chi connectivity index (χ2n) is 3.83. The van der Waals surface area contributed by atoms with E-state index >= 15 is 0 Å². The van der Waals surface area contributed by atoms with E-state index in [0.717, 1.165) is 11.8 Å². The Morgan fingerprint density at radius 2 is 2.33 bits per heavy atom. The van der Waals surface area contributed by atoms with Gasteiger partial charge in [0, 0.05) is 23.2 Å². The first-order valence-corrected chi connectivity index (χ1v) is 8.07. The van der Waals surface area contributed by atoms with Crippen molar-refractivity contribution < 1.29 is 0 Å². The summed E-state index contributed by atoms with van der Waals surface area (Å²) in [7, 11) is 0. The molecule has 1 fully saturated rings. The minimum absolute atomic E-state index is 0.849. The van der Waals surface area contributed by atoms with Crippen molar-refractivity contribution in [2.24, 2.45) is 0 Å². The van der Waals surface area contributed by atoms with Gasteiger partial charge in [0.25, 0.3) is 0 Å². The number of thiophene rings is 1. The number of nitrogens with one attached hydrogen (secondary N) is 1. The molecule has 1 aliphatic heterocycles. The van der Waals surface area contributed by atoms with Crippen molar-refractivity contribution >= 4 is 39.0 Å². The Bertz CT molecular complexity index is 295. The van der Waals surface area contributed by atoms with Crippen LogP contribution in [0.4, 0.5) is 0 Å². The summed E-state index contributed by atoms with van der Waals surface area (Å²) in [6.07, 6.45) is 4.23. The lowest BCUT2D eigenvalue weighted by molar-refractivity contribution is 0.600. The smallest absolute Gasteiger partial charge is 0.0701 e. The van der Waals surface area contributed by atoms with E-state index in [-0.39, 0.29) is 0 Å². The van der Waals surface area contributed by atoms with E-state index in [1.54, 1.807) is 0 Å². The van der Waals surface area contributed by atoms with Gasteiger partial charge in [-0.05, 0) is 46.7 Å². The van der Waals surface area contributed by atoms with E-state index in [2.05, 4.69) is 45.1 Å². The predicted octanol–water partition coefficient (Wildman–Crippen LogP) is 3.89. The molecule has 0 bridgehead atoms. The van der Waals surface area contributed by atoms with E-state index in [4.69, 9.17) is 0 Å². The molecule has 2 heterocycles. The standard InChI is InChI=1S/C11H16BrNS2/c12-11-5-4-10(15-11)8-13-7-9-3-1-2-6-14-9/h4-5,9,13H,1-3,6-8H2. The van der Waals surface area contributed by atoms with E-state index in [1.807, 2.05) is 11.3 Å². The summed E-state index contributed by atoms with van der Waals surface area (Å²) in [6, 6.07) is 4.31. The minimum atomic E-state index is 0.849. The molecule has 1 aromatic rings. The lowest BCUT2D eigenvalue weighted by atomic mass is 10.2. The summed E-state index contributed by atoms with van der Waals surface area (Å²) < 4.78 is 1.23. The molecule has 1 unspecified atom stereocenters. The van der Waals surface area contributed by atoms with Crippen molar-refractivity contribution in [3.8, 4) is 0 Å². The third-order valence-corrected chi connectivity index (χ3v) is 5.60. The van der Waals surface area contributed by atoms with E-state index in [0.29, 0.717) is 0 Å². The Morgan fingerprint density at radius 3 is 3.00 bits per heavy atom. The summed E-state index contributed by atoms with van der Waals surface area (Å²) in [5.74, 6) is 1.36. The molecule has 0 amide bonds. The van der Waals surface area contributed by atoms with Crippen molar-refractivity contribution in [2.45, 2.75) is 31.1 Å². The van der Waals surface area contributed by atoms with Crippen LogP contribution in [0, 0.1) is 0 Å². The zero-order valence-electron chi connectivity index (χ0n) is 8.67. The normalized spacial score (nSPS) is 21.8. The predicted molar refractivity (Wildman–Crippen MR) is 73.8 cm³/mol. The highest BCUT2D eigenvalue weighted by Crippen LogP contribution is 2.25. The molecule has 15 heavy (non-hydrogen) atoms. The number of rotatable bonds is 4. The van der Waals surface area contributed by atoms with Crippen LogP contribution in [0.3, 0.4) is 0 Å². The summed E-state index contributed by atoms with van der Waals surface area (Å²) in [5, 5.41) is 4.40. The molecule has 1 N–H and O–H groups in total. The van der Waals surface area contributed by atoms with Crippen molar-refractivity contribution in [2.75, 3.05) is 12.3 Å². The van der Waals surface area contributed by atoms with Crippen LogP contribution in [0.1, 0.15) is 24.1 Å². The fourth-order valence-electron chi connectivity index (χ4n) is 1.77. The van der Waals surface area contributed by atoms with Crippen LogP contribution in [0.5, 0.6) is 0 Å². The molecule has 1 saturated heterocycles. The zero-order valence-corrected chi connectivity index (χ0v) is 11.9. The summed E-state index contributed by atoms with van der Waals surface area (Å²) in [6.45, 7) is 2.19. The first kappa shape index (κ1) is 12.0. The van der Waals surface area contributed by atoms with Gasteiger partial charge in [-0.25, -0.2) is 0 Å². The average Bonchev–Trinajstić information content (AvgIpc) is 2.66. The highest BCUT2D eigenvalue weighted by atomic mass is 79.9. The van der Waals surface area contributed by atoms with Crippen LogP contribution in [0.25, 0.3) is 0 Å². The van der Waals surface area contributed by atoms with Gasteiger partial charge in [-0.15, -0.1) is 11.3 Å². The SMILES string of the molecule is Brc1ccc(CNCC2CCCCS2)s1. The molecule has 4 heteroatoms. The van der Waals surface area contributed by atoms with E-state index in [1.165, 1.54) is 40.2 Å². The van der Waals surface area contributed by atoms with Gasteiger partial charge >= 0.3 is 0 Å². The molecule has 1 aliphatic rings. The second-order valence-corrected chi connectivity index (χ2v) is 7.78. The lowest BCUT2D eigenvalue weighted by Crippen LogP contribution is -2.26. The fourth-order valence-corrected chi connectivity index (χ4v) is 4.50. The Labute approximate surface area is 108 Å². The summed E-state index contributed by atoms with van der Waals surface area (Å²) in [5.41, 5.74) is 0. The molecule has 2 rings (SSSR count). The maximum absolute atomic E-state index is 3.55. The first-order valence-electron chi connectivity index (χ1n) is 5.41. The van der Waals surface area contributed by atoms with Gasteiger partial charge in [-0.3, -0.25) is 0 Å². The van der Waals surface area contributed by atoms with Crippen LogP contribution in [-0.4, -0.2) is 17.5 Å². The quantitative estimate of drug-likeness (QED) is 0.906. The number of halogens is 1. The Kier molecular flexibility index (Phi) is 5.01. The molecule has 0 spiro atoms. The maximum Gasteiger partial charge on any atom is 0.0701 e. The third kappa shape index (κ3) is 4.10. The van der Waals surface area contributed by atoms with Crippen molar-refractivity contribution in [1.82, 2.24) is 5.32 Å². The van der Waals surface area contributed by atoms with Crippen molar-refractivity contribution in [3.63, 3.8) is 0 Å². The molecule has 0 radical (unpaired) electrons. The van der Waals surface area contributed by atoms with Gasteiger partial charge in [0.2, 0.25) is 0 Å². The van der Waals surface area contributed by atoms with Crippen molar-refractivity contribution in [3.05, 3.63) is 20.8 Å². The topological polar surface area (TPSA) is 12.0 Å². The van der Waals surface area contributed by atoms with Gasteiger partial charge in [0.05, 0.1) is 3.79 Å². The molecule has 0 saturated carbocycles. The molecular formula is C11H16BrNS2. The molecule has 1 atom stereocenters. The largest absolute Gasteiger partial charge is 0.311 e. The van der Waals surface area contributed by atoms with E-state index in [9.17, 15) is 0 Å². The molecule has 1 nitrogen and oxygen atoms in total. The highest BCUT2D eigenvalue weighted by Gasteiger charge is 2.12. The van der Waals surface area contributed by atoms with Gasteiger partial charge in [0.15, 0.2) is 0 Å². The minimum Gasteiger partial charge on any atom is -0.311 e. The Hall–Kier alpha value is 0.490. The first-order chi connectivity index (χ1) is 7.34. The van der Waals surface area contributed by atoms with Gasteiger partial charge in [-0.2, -0.15) is 11.8 Å². The van der Waals surface area contributed by atoms with Gasteiger partial charge in [0.1, 0.15) is 0 Å². The number of hydrogen-bond donors (Lipinski definition) is 1. The molecule has 0 aliphatic carbocycles. The van der Waals surface area contributed by atoms with E-state index < -0.39 is 0 Å². The second kappa shape index (κ2) is 6.28. The highest BCUT2D eigenvalue weighted by molar-refractivity contribution is 9.11. The van der Waals surface area contributed by atoms with Crippen LogP contribution < -0.4 is 5.32 Å². The molecule has 0 aromatic carbocycles. The number of hydrogen-bond acceptors (Lipinski definition) is 3. The van der Waals surface area contributed by atoms with Crippen molar-refractivity contribution in [1.29, 1.82) is 0 Å². The van der Waals surface area contributed by atoms with Crippen LogP contribution in [0.15, 0.2) is 15.9 Å². The van der Waals surface area contributed by atoms with Crippen LogP contribution in [0.2, 0.25) is 0 Å². The monoisotopic (exact) mass is 305 g/mol.